The van der Waals surface area contributed by atoms with Gasteiger partial charge in [0.05, 0.1) is 5.56 Å². The van der Waals surface area contributed by atoms with E-state index in [0.717, 1.165) is 24.0 Å². The van der Waals surface area contributed by atoms with Crippen molar-refractivity contribution in [1.29, 1.82) is 5.26 Å². The van der Waals surface area contributed by atoms with Crippen molar-refractivity contribution >= 4 is 11.8 Å². The number of amides is 1. The highest BCUT2D eigenvalue weighted by molar-refractivity contribution is 5.98. The molecule has 4 rings (SSSR count). The maximum absolute atomic E-state index is 13.5. The summed E-state index contributed by atoms with van der Waals surface area (Å²) >= 11 is 0. The highest BCUT2D eigenvalue weighted by Gasteiger charge is 2.34. The van der Waals surface area contributed by atoms with Crippen LogP contribution in [0.15, 0.2) is 16.5 Å². The van der Waals surface area contributed by atoms with Crippen molar-refractivity contribution in [2.45, 2.75) is 71.1 Å². The highest BCUT2D eigenvalue weighted by atomic mass is 16.4. The van der Waals surface area contributed by atoms with E-state index in [9.17, 15) is 15.2 Å². The van der Waals surface area contributed by atoms with E-state index in [1.54, 1.807) is 4.90 Å². The van der Waals surface area contributed by atoms with Gasteiger partial charge in [-0.05, 0) is 35.3 Å². The fourth-order valence-electron chi connectivity index (χ4n) is 4.21. The van der Waals surface area contributed by atoms with Crippen molar-refractivity contribution in [3.63, 3.8) is 0 Å². The van der Waals surface area contributed by atoms with Crippen LogP contribution in [0.1, 0.15) is 93.4 Å². The van der Waals surface area contributed by atoms with E-state index in [2.05, 4.69) is 31.8 Å². The zero-order chi connectivity index (χ0) is 24.1. The molecule has 0 unspecified atom stereocenters. The van der Waals surface area contributed by atoms with E-state index in [4.69, 9.17) is 4.42 Å². The number of piperazine rings is 1. The van der Waals surface area contributed by atoms with Crippen LogP contribution in [0.5, 0.6) is 5.75 Å². The maximum Gasteiger partial charge on any atom is 0.257 e. The lowest BCUT2D eigenvalue weighted by Gasteiger charge is -2.35. The predicted molar refractivity (Wildman–Crippen MR) is 127 cm³/mol. The standard InChI is InChI=1S/C26H34N4O3/c1-25(2,3)17-13-18(21(31)19(14-17)26(4,5)6)23(32)29-9-11-30(12-10-29)24-20(15-27)28-22(33-24)16-7-8-16/h13-14,16,31H,7-12H2,1-6H3. The molecule has 1 aromatic heterocycles. The third kappa shape index (κ3) is 4.57. The summed E-state index contributed by atoms with van der Waals surface area (Å²) in [5, 5.41) is 20.5. The summed E-state index contributed by atoms with van der Waals surface area (Å²) in [6.07, 6.45) is 2.11. The van der Waals surface area contributed by atoms with Crippen molar-refractivity contribution in [3.8, 4) is 11.8 Å². The molecule has 33 heavy (non-hydrogen) atoms. The number of phenolic OH excluding ortho intramolecular Hbond substituents is 1. The summed E-state index contributed by atoms with van der Waals surface area (Å²) in [4.78, 5) is 21.6. The van der Waals surface area contributed by atoms with Gasteiger partial charge in [0.15, 0.2) is 0 Å². The summed E-state index contributed by atoms with van der Waals surface area (Å²) in [5.41, 5.74) is 2.04. The Morgan fingerprint density at radius 1 is 1.09 bits per heavy atom. The predicted octanol–water partition coefficient (Wildman–Crippen LogP) is 4.69. The van der Waals surface area contributed by atoms with Crippen LogP contribution in [-0.2, 0) is 10.8 Å². The molecule has 7 nitrogen and oxygen atoms in total. The number of carbonyl (C=O) groups excluding carboxylic acids is 1. The molecule has 2 aromatic rings. The molecule has 1 aliphatic carbocycles. The zero-order valence-corrected chi connectivity index (χ0v) is 20.5. The monoisotopic (exact) mass is 450 g/mol. The first-order valence-corrected chi connectivity index (χ1v) is 11.7. The number of hydrogen-bond donors (Lipinski definition) is 1. The Kier molecular flexibility index (Phi) is 5.68. The number of phenols is 1. The van der Waals surface area contributed by atoms with E-state index in [-0.39, 0.29) is 22.5 Å². The zero-order valence-electron chi connectivity index (χ0n) is 20.5. The number of rotatable bonds is 3. The molecule has 1 saturated heterocycles. The topological polar surface area (TPSA) is 93.6 Å². The van der Waals surface area contributed by atoms with Crippen molar-refractivity contribution in [3.05, 3.63) is 40.4 Å². The van der Waals surface area contributed by atoms with Crippen molar-refractivity contribution in [2.24, 2.45) is 0 Å². The normalized spacial score (nSPS) is 17.2. The second-order valence-corrected chi connectivity index (χ2v) is 11.3. The smallest absolute Gasteiger partial charge is 0.257 e. The molecule has 0 spiro atoms. The van der Waals surface area contributed by atoms with Crippen LogP contribution < -0.4 is 4.90 Å². The van der Waals surface area contributed by atoms with E-state index < -0.39 is 0 Å². The van der Waals surface area contributed by atoms with Crippen molar-refractivity contribution in [1.82, 2.24) is 9.88 Å². The number of nitrogens with zero attached hydrogens (tertiary/aromatic N) is 4. The summed E-state index contributed by atoms with van der Waals surface area (Å²) in [7, 11) is 0. The summed E-state index contributed by atoms with van der Waals surface area (Å²) in [6, 6.07) is 6.01. The third-order valence-corrected chi connectivity index (χ3v) is 6.53. The second kappa shape index (κ2) is 8.09. The Hall–Kier alpha value is -3.01. The van der Waals surface area contributed by atoms with Gasteiger partial charge in [-0.15, -0.1) is 0 Å². The van der Waals surface area contributed by atoms with Crippen LogP contribution in [0.4, 0.5) is 5.88 Å². The van der Waals surface area contributed by atoms with Gasteiger partial charge in [0.25, 0.3) is 5.91 Å². The quantitative estimate of drug-likeness (QED) is 0.729. The lowest BCUT2D eigenvalue weighted by molar-refractivity contribution is 0.0741. The minimum Gasteiger partial charge on any atom is -0.507 e. The molecule has 7 heteroatoms. The van der Waals surface area contributed by atoms with Gasteiger partial charge in [0.1, 0.15) is 11.8 Å². The Morgan fingerprint density at radius 3 is 2.24 bits per heavy atom. The first kappa shape index (κ1) is 23.2. The summed E-state index contributed by atoms with van der Waals surface area (Å²) in [6.45, 7) is 14.5. The molecular weight excluding hydrogens is 416 g/mol. The number of oxazole rings is 1. The molecule has 2 fully saturated rings. The fourth-order valence-corrected chi connectivity index (χ4v) is 4.21. The Bertz CT molecular complexity index is 1100. The number of benzene rings is 1. The number of anilines is 1. The lowest BCUT2D eigenvalue weighted by Crippen LogP contribution is -2.49. The molecule has 1 aliphatic heterocycles. The fraction of sp³-hybridized carbons (Fsp3) is 0.577. The van der Waals surface area contributed by atoms with Crippen LogP contribution in [-0.4, -0.2) is 47.1 Å². The molecule has 2 heterocycles. The number of hydrogen-bond acceptors (Lipinski definition) is 6. The van der Waals surface area contributed by atoms with Gasteiger partial charge in [0, 0.05) is 37.7 Å². The molecule has 1 aromatic carbocycles. The molecular formula is C26H34N4O3. The molecule has 176 valence electrons. The van der Waals surface area contributed by atoms with Gasteiger partial charge in [-0.3, -0.25) is 4.79 Å². The largest absolute Gasteiger partial charge is 0.507 e. The lowest BCUT2D eigenvalue weighted by atomic mass is 9.78. The van der Waals surface area contributed by atoms with Crippen LogP contribution in [0.2, 0.25) is 0 Å². The van der Waals surface area contributed by atoms with Gasteiger partial charge in [-0.1, -0.05) is 47.6 Å². The number of aromatic nitrogens is 1. The van der Waals surface area contributed by atoms with E-state index in [0.29, 0.717) is 55.1 Å². The van der Waals surface area contributed by atoms with Gasteiger partial charge < -0.3 is 19.3 Å². The molecule has 0 atom stereocenters. The maximum atomic E-state index is 13.5. The Balaban J connectivity index is 1.56. The first-order chi connectivity index (χ1) is 15.4. The molecule has 2 aliphatic rings. The van der Waals surface area contributed by atoms with Gasteiger partial charge >= 0.3 is 0 Å². The van der Waals surface area contributed by atoms with Crippen LogP contribution in [0.3, 0.4) is 0 Å². The van der Waals surface area contributed by atoms with Gasteiger partial charge in [-0.25, -0.2) is 4.98 Å². The van der Waals surface area contributed by atoms with Crippen LogP contribution in [0.25, 0.3) is 0 Å². The van der Waals surface area contributed by atoms with Crippen LogP contribution >= 0.6 is 0 Å². The minimum absolute atomic E-state index is 0.0685. The number of carbonyl (C=O) groups is 1. The second-order valence-electron chi connectivity index (χ2n) is 11.3. The SMILES string of the molecule is CC(C)(C)c1cc(C(=O)N2CCN(c3oc(C4CC4)nc3C#N)CC2)c(O)c(C(C)(C)C)c1. The van der Waals surface area contributed by atoms with E-state index in [1.807, 2.05) is 37.8 Å². The van der Waals surface area contributed by atoms with Crippen molar-refractivity contribution < 1.29 is 14.3 Å². The summed E-state index contributed by atoms with van der Waals surface area (Å²) < 4.78 is 5.92. The third-order valence-electron chi connectivity index (χ3n) is 6.53. The average Bonchev–Trinajstić information content (AvgIpc) is 3.50. The Labute approximate surface area is 196 Å². The molecule has 1 saturated carbocycles. The Morgan fingerprint density at radius 2 is 1.73 bits per heavy atom. The van der Waals surface area contributed by atoms with Crippen LogP contribution in [0, 0.1) is 11.3 Å². The average molecular weight is 451 g/mol. The van der Waals surface area contributed by atoms with Gasteiger partial charge in [-0.2, -0.15) is 5.26 Å². The molecule has 1 amide bonds. The van der Waals surface area contributed by atoms with E-state index in [1.165, 1.54) is 0 Å². The van der Waals surface area contributed by atoms with Crippen molar-refractivity contribution in [2.75, 3.05) is 31.1 Å². The number of aromatic hydroxyl groups is 1. The number of nitriles is 1. The molecule has 1 N–H and O–H groups in total. The van der Waals surface area contributed by atoms with E-state index >= 15 is 0 Å². The molecule has 0 bridgehead atoms. The highest BCUT2D eigenvalue weighted by Crippen LogP contribution is 2.42. The summed E-state index contributed by atoms with van der Waals surface area (Å²) in [5.74, 6) is 1.40. The molecule has 0 radical (unpaired) electrons. The first-order valence-electron chi connectivity index (χ1n) is 11.7. The minimum atomic E-state index is -0.293. The van der Waals surface area contributed by atoms with Gasteiger partial charge in [0.2, 0.25) is 17.5 Å².